The summed E-state index contributed by atoms with van der Waals surface area (Å²) in [5.41, 5.74) is 1.23. The lowest BCUT2D eigenvalue weighted by Gasteiger charge is -2.41. The van der Waals surface area contributed by atoms with Gasteiger partial charge in [-0.2, -0.15) is 0 Å². The Balaban J connectivity index is 2.65. The van der Waals surface area contributed by atoms with Crippen molar-refractivity contribution in [3.63, 3.8) is 0 Å². The highest BCUT2D eigenvalue weighted by Crippen LogP contribution is 2.39. The third kappa shape index (κ3) is 7.14. The van der Waals surface area contributed by atoms with Crippen LogP contribution in [-0.4, -0.2) is 25.0 Å². The van der Waals surface area contributed by atoms with Gasteiger partial charge in [-0.3, -0.25) is 0 Å². The number of rotatable bonds is 9. The third-order valence-electron chi connectivity index (χ3n) is 5.07. The fraction of sp³-hybridized carbons (Fsp3) is 0.700. The third-order valence-corrected chi connectivity index (χ3v) is 11.0. The summed E-state index contributed by atoms with van der Waals surface area (Å²) in [7, 11) is -1.76. The highest BCUT2D eigenvalue weighted by molar-refractivity contribution is 14.1. The van der Waals surface area contributed by atoms with Crippen molar-refractivity contribution in [3.05, 3.63) is 35.9 Å². The monoisotopic (exact) mass is 462 g/mol. The second-order valence-corrected chi connectivity index (χ2v) is 14.0. The summed E-state index contributed by atoms with van der Waals surface area (Å²) in [6, 6.07) is 10.4. The van der Waals surface area contributed by atoms with E-state index in [1.54, 1.807) is 0 Å². The molecular formula is C20H35IO2Si. The first-order valence-electron chi connectivity index (χ1n) is 8.96. The van der Waals surface area contributed by atoms with Gasteiger partial charge >= 0.3 is 0 Å². The summed E-state index contributed by atoms with van der Waals surface area (Å²) >= 11 is 2.47. The molecule has 0 bridgehead atoms. The van der Waals surface area contributed by atoms with Gasteiger partial charge < -0.3 is 9.16 Å². The molecule has 0 aliphatic heterocycles. The molecule has 3 atom stereocenters. The molecule has 0 amide bonds. The number of halogens is 1. The predicted octanol–water partition coefficient (Wildman–Crippen LogP) is 6.44. The maximum atomic E-state index is 6.73. The van der Waals surface area contributed by atoms with Gasteiger partial charge in [-0.25, -0.2) is 0 Å². The summed E-state index contributed by atoms with van der Waals surface area (Å²) in [4.78, 5) is 0. The lowest BCUT2D eigenvalue weighted by Crippen LogP contribution is -2.46. The molecule has 1 aromatic carbocycles. The van der Waals surface area contributed by atoms with Crippen LogP contribution in [0.4, 0.5) is 0 Å². The van der Waals surface area contributed by atoms with Crippen molar-refractivity contribution in [2.45, 2.75) is 78.0 Å². The van der Waals surface area contributed by atoms with Crippen LogP contribution in [0.3, 0.4) is 0 Å². The van der Waals surface area contributed by atoms with Crippen molar-refractivity contribution < 1.29 is 9.16 Å². The van der Waals surface area contributed by atoms with Crippen molar-refractivity contribution in [2.75, 3.05) is 4.43 Å². The van der Waals surface area contributed by atoms with Gasteiger partial charge in [-0.15, -0.1) is 0 Å². The summed E-state index contributed by atoms with van der Waals surface area (Å²) < 4.78 is 13.9. The van der Waals surface area contributed by atoms with Gasteiger partial charge in [-0.1, -0.05) is 80.6 Å². The molecule has 1 aromatic rings. The molecule has 0 spiro atoms. The molecule has 0 fully saturated rings. The second-order valence-electron chi connectivity index (χ2n) is 8.39. The predicted molar refractivity (Wildman–Crippen MR) is 115 cm³/mol. The topological polar surface area (TPSA) is 18.5 Å². The minimum absolute atomic E-state index is 0.199. The van der Waals surface area contributed by atoms with E-state index in [1.807, 2.05) is 6.07 Å². The van der Waals surface area contributed by atoms with Gasteiger partial charge in [0.1, 0.15) is 0 Å². The highest BCUT2D eigenvalue weighted by atomic mass is 127. The van der Waals surface area contributed by atoms with Gasteiger partial charge in [-0.05, 0) is 43.0 Å². The maximum absolute atomic E-state index is 6.73. The van der Waals surface area contributed by atoms with Crippen LogP contribution in [0.25, 0.3) is 0 Å². The van der Waals surface area contributed by atoms with Crippen LogP contribution in [0.1, 0.15) is 46.6 Å². The van der Waals surface area contributed by atoms with Gasteiger partial charge in [0, 0.05) is 4.43 Å². The van der Waals surface area contributed by atoms with Crippen molar-refractivity contribution in [3.8, 4) is 0 Å². The summed E-state index contributed by atoms with van der Waals surface area (Å²) in [5.74, 6) is 0.544. The van der Waals surface area contributed by atoms with Crippen molar-refractivity contribution >= 4 is 30.9 Å². The van der Waals surface area contributed by atoms with Gasteiger partial charge in [0.2, 0.25) is 0 Å². The molecule has 1 rings (SSSR count). The Morgan fingerprint density at radius 3 is 2.17 bits per heavy atom. The number of ether oxygens (including phenoxy) is 1. The minimum Gasteiger partial charge on any atom is -0.414 e. The Bertz CT molecular complexity index is 470. The minimum atomic E-state index is -1.76. The maximum Gasteiger partial charge on any atom is 0.192 e. The standard InChI is InChI=1S/C20H35IO2Si/c1-16(14-21)19(23-24(6,7)20(3,4)5)13-17(2)22-15-18-11-9-8-10-12-18/h8-12,16-17,19H,13-15H2,1-7H3/t16-,17+,19-/m0/s1. The van der Waals surface area contributed by atoms with E-state index in [0.29, 0.717) is 12.5 Å². The Morgan fingerprint density at radius 2 is 1.67 bits per heavy atom. The van der Waals surface area contributed by atoms with Crippen molar-refractivity contribution in [2.24, 2.45) is 5.92 Å². The van der Waals surface area contributed by atoms with E-state index in [4.69, 9.17) is 9.16 Å². The molecule has 0 heterocycles. The van der Waals surface area contributed by atoms with E-state index >= 15 is 0 Å². The van der Waals surface area contributed by atoms with Crippen LogP contribution < -0.4 is 0 Å². The van der Waals surface area contributed by atoms with Crippen LogP contribution in [0.15, 0.2) is 30.3 Å². The molecule has 138 valence electrons. The van der Waals surface area contributed by atoms with E-state index in [1.165, 1.54) is 5.56 Å². The zero-order valence-electron chi connectivity index (χ0n) is 16.4. The zero-order valence-corrected chi connectivity index (χ0v) is 19.6. The first-order chi connectivity index (χ1) is 11.1. The molecule has 0 aliphatic carbocycles. The van der Waals surface area contributed by atoms with Gasteiger partial charge in [0.25, 0.3) is 0 Å². The SMILES string of the molecule is C[C@H](C[C@H](O[Si](C)(C)C(C)(C)C)[C@@H](C)CI)OCc1ccccc1. The molecule has 0 unspecified atom stereocenters. The molecule has 0 saturated heterocycles. The fourth-order valence-electron chi connectivity index (χ4n) is 2.26. The highest BCUT2D eigenvalue weighted by Gasteiger charge is 2.40. The molecule has 24 heavy (non-hydrogen) atoms. The molecule has 0 N–H and O–H groups in total. The van der Waals surface area contributed by atoms with Gasteiger partial charge in [0.05, 0.1) is 18.8 Å². The quantitative estimate of drug-likeness (QED) is 0.239. The average molecular weight is 462 g/mol. The number of hydrogen-bond donors (Lipinski definition) is 0. The first-order valence-corrected chi connectivity index (χ1v) is 13.4. The lowest BCUT2D eigenvalue weighted by atomic mass is 10.0. The van der Waals surface area contributed by atoms with E-state index in [0.717, 1.165) is 10.8 Å². The summed E-state index contributed by atoms with van der Waals surface area (Å²) in [5, 5.41) is 0.240. The molecule has 0 aliphatic rings. The van der Waals surface area contributed by atoms with Crippen molar-refractivity contribution in [1.29, 1.82) is 0 Å². The lowest BCUT2D eigenvalue weighted by molar-refractivity contribution is 0.00742. The fourth-order valence-corrected chi connectivity index (χ4v) is 4.27. The van der Waals surface area contributed by atoms with Crippen LogP contribution in [0, 0.1) is 5.92 Å². The molecule has 0 aromatic heterocycles. The Hall–Kier alpha value is 0.0869. The van der Waals surface area contributed by atoms with Crippen LogP contribution in [0.5, 0.6) is 0 Å². The number of hydrogen-bond acceptors (Lipinski definition) is 2. The molecular weight excluding hydrogens is 427 g/mol. The zero-order chi connectivity index (χ0) is 18.4. The molecule has 4 heteroatoms. The Morgan fingerprint density at radius 1 is 1.08 bits per heavy atom. The molecule has 0 radical (unpaired) electrons. The number of alkyl halides is 1. The Kier molecular flexibility index (Phi) is 8.94. The van der Waals surface area contributed by atoms with E-state index in [2.05, 4.69) is 94.6 Å². The smallest absolute Gasteiger partial charge is 0.192 e. The van der Waals surface area contributed by atoms with E-state index < -0.39 is 8.32 Å². The first kappa shape index (κ1) is 22.1. The second kappa shape index (κ2) is 9.69. The van der Waals surface area contributed by atoms with Crippen LogP contribution in [0.2, 0.25) is 18.1 Å². The van der Waals surface area contributed by atoms with Crippen LogP contribution >= 0.6 is 22.6 Å². The van der Waals surface area contributed by atoms with Crippen LogP contribution in [-0.2, 0) is 15.8 Å². The molecule has 2 nitrogen and oxygen atoms in total. The molecule has 0 saturated carbocycles. The summed E-state index contributed by atoms with van der Waals surface area (Å²) in [6.45, 7) is 16.7. The largest absolute Gasteiger partial charge is 0.414 e. The van der Waals surface area contributed by atoms with E-state index in [9.17, 15) is 0 Å². The average Bonchev–Trinajstić information content (AvgIpc) is 2.51. The normalized spacial score (nSPS) is 16.7. The summed E-state index contributed by atoms with van der Waals surface area (Å²) in [6.07, 6.45) is 1.43. The van der Waals surface area contributed by atoms with E-state index in [-0.39, 0.29) is 17.2 Å². The Labute approximate surface area is 164 Å². The number of benzene rings is 1. The van der Waals surface area contributed by atoms with Gasteiger partial charge in [0.15, 0.2) is 8.32 Å². The van der Waals surface area contributed by atoms with Crippen molar-refractivity contribution in [1.82, 2.24) is 0 Å².